The van der Waals surface area contributed by atoms with E-state index in [-0.39, 0.29) is 23.7 Å². The lowest BCUT2D eigenvalue weighted by Crippen LogP contribution is -2.48. The monoisotopic (exact) mass is 572 g/mol. The second-order valence-electron chi connectivity index (χ2n) is 8.50. The molecule has 0 bridgehead atoms. The number of ether oxygens (including phenoxy) is 1. The Kier molecular flexibility index (Phi) is 10.5. The predicted octanol–water partition coefficient (Wildman–Crippen LogP) is 2.71. The first kappa shape index (κ1) is 29.4. The Bertz CT molecular complexity index is 1170. The molecular formula is C24H27ClF2N4O6S. The summed E-state index contributed by atoms with van der Waals surface area (Å²) in [6.45, 7) is -0.00888. The van der Waals surface area contributed by atoms with Crippen molar-refractivity contribution in [2.24, 2.45) is 0 Å². The number of rotatable bonds is 9. The molecular weight excluding hydrogens is 546 g/mol. The standard InChI is InChI=1S/C24H27ClF2N4O6S/c1-29(23(33)24(34)30-9-3-2-4-10-30)11-12-31(15-21(32)28-35)38(36)18-13-19(26)22(20(27)14-18)37-17-7-5-16(25)6-8-17/h5-8,13-14,35H,2-4,9-12,15H2,1H3,(H,28,32). The van der Waals surface area contributed by atoms with Crippen LogP contribution in [-0.2, 0) is 25.4 Å². The highest BCUT2D eigenvalue weighted by Gasteiger charge is 2.28. The fourth-order valence-corrected chi connectivity index (χ4v) is 4.99. The number of likely N-dealkylation sites (tertiary alicyclic amines) is 1. The molecule has 3 rings (SSSR count). The fraction of sp³-hybridized carbons (Fsp3) is 0.375. The third-order valence-electron chi connectivity index (χ3n) is 5.74. The molecule has 1 saturated heterocycles. The van der Waals surface area contributed by atoms with Gasteiger partial charge in [-0.15, -0.1) is 0 Å². The second-order valence-corrected chi connectivity index (χ2v) is 10.4. The molecule has 1 atom stereocenters. The van der Waals surface area contributed by atoms with E-state index < -0.39 is 52.6 Å². The number of hydrogen-bond acceptors (Lipinski definition) is 6. The number of carbonyl (C=O) groups excluding carboxylic acids is 3. The van der Waals surface area contributed by atoms with Gasteiger partial charge in [0, 0.05) is 38.2 Å². The normalized spacial score (nSPS) is 14.2. The number of piperidine rings is 1. The minimum absolute atomic E-state index is 0.120. The molecule has 1 aliphatic heterocycles. The SMILES string of the molecule is CN(CCN(CC(=O)NO)S(=O)c1cc(F)c(Oc2ccc(Cl)cc2)c(F)c1)C(=O)C(=O)N1CCCCC1. The van der Waals surface area contributed by atoms with Crippen LogP contribution in [-0.4, -0.2) is 81.0 Å². The molecule has 0 aromatic heterocycles. The van der Waals surface area contributed by atoms with E-state index in [9.17, 15) is 27.4 Å². The average molecular weight is 573 g/mol. The molecule has 2 N–H and O–H groups in total. The van der Waals surface area contributed by atoms with Crippen LogP contribution in [0.4, 0.5) is 8.78 Å². The van der Waals surface area contributed by atoms with Crippen LogP contribution in [0.15, 0.2) is 41.3 Å². The number of likely N-dealkylation sites (N-methyl/N-ethyl adjacent to an activating group) is 1. The molecule has 2 aromatic rings. The first-order valence-electron chi connectivity index (χ1n) is 11.7. The molecule has 2 aromatic carbocycles. The van der Waals surface area contributed by atoms with Crippen molar-refractivity contribution in [3.63, 3.8) is 0 Å². The smallest absolute Gasteiger partial charge is 0.312 e. The molecule has 0 radical (unpaired) electrons. The second kappa shape index (κ2) is 13.6. The molecule has 1 heterocycles. The van der Waals surface area contributed by atoms with Gasteiger partial charge in [-0.25, -0.2) is 22.8 Å². The molecule has 1 fully saturated rings. The van der Waals surface area contributed by atoms with Crippen molar-refractivity contribution in [2.45, 2.75) is 24.2 Å². The van der Waals surface area contributed by atoms with E-state index in [4.69, 9.17) is 21.5 Å². The molecule has 0 aliphatic carbocycles. The third-order valence-corrected chi connectivity index (χ3v) is 7.42. The van der Waals surface area contributed by atoms with E-state index in [0.717, 1.165) is 40.6 Å². The van der Waals surface area contributed by atoms with Gasteiger partial charge in [-0.05, 0) is 55.7 Å². The first-order chi connectivity index (χ1) is 18.1. The molecule has 10 nitrogen and oxygen atoms in total. The maximum atomic E-state index is 14.8. The molecule has 14 heteroatoms. The topological polar surface area (TPSA) is 119 Å². The highest BCUT2D eigenvalue weighted by molar-refractivity contribution is 7.82. The van der Waals surface area contributed by atoms with E-state index in [1.807, 2.05) is 0 Å². The Morgan fingerprint density at radius 3 is 2.26 bits per heavy atom. The third kappa shape index (κ3) is 7.69. The summed E-state index contributed by atoms with van der Waals surface area (Å²) in [6.07, 6.45) is 2.60. The van der Waals surface area contributed by atoms with E-state index in [1.54, 1.807) is 0 Å². The van der Waals surface area contributed by atoms with Gasteiger partial charge in [-0.2, -0.15) is 0 Å². The van der Waals surface area contributed by atoms with Crippen LogP contribution in [0.5, 0.6) is 11.5 Å². The number of benzene rings is 2. The van der Waals surface area contributed by atoms with E-state index in [2.05, 4.69) is 0 Å². The summed E-state index contributed by atoms with van der Waals surface area (Å²) in [5, 5.41) is 9.32. The van der Waals surface area contributed by atoms with Gasteiger partial charge in [0.2, 0.25) is 0 Å². The summed E-state index contributed by atoms with van der Waals surface area (Å²) >= 11 is 5.80. The maximum Gasteiger partial charge on any atom is 0.312 e. The molecule has 1 unspecified atom stereocenters. The van der Waals surface area contributed by atoms with Gasteiger partial charge in [0.25, 0.3) is 5.91 Å². The zero-order valence-electron chi connectivity index (χ0n) is 20.5. The zero-order chi connectivity index (χ0) is 27.8. The summed E-state index contributed by atoms with van der Waals surface area (Å²) in [4.78, 5) is 39.1. The predicted molar refractivity (Wildman–Crippen MR) is 134 cm³/mol. The van der Waals surface area contributed by atoms with Crippen molar-refractivity contribution in [3.8, 4) is 11.5 Å². The average Bonchev–Trinajstić information content (AvgIpc) is 2.92. The Labute approximate surface area is 225 Å². The van der Waals surface area contributed by atoms with Gasteiger partial charge in [-0.3, -0.25) is 19.6 Å². The highest BCUT2D eigenvalue weighted by atomic mass is 35.5. The minimum Gasteiger partial charge on any atom is -0.451 e. The van der Waals surface area contributed by atoms with Crippen molar-refractivity contribution in [1.82, 2.24) is 19.6 Å². The molecule has 38 heavy (non-hydrogen) atoms. The van der Waals surface area contributed by atoms with Gasteiger partial charge in [0.05, 0.1) is 11.4 Å². The van der Waals surface area contributed by atoms with Crippen LogP contribution in [0.2, 0.25) is 5.02 Å². The Balaban J connectivity index is 1.73. The van der Waals surface area contributed by atoms with Crippen molar-refractivity contribution in [3.05, 3.63) is 53.1 Å². The summed E-state index contributed by atoms with van der Waals surface area (Å²) < 4.78 is 48.9. The number of hydrogen-bond donors (Lipinski definition) is 2. The lowest BCUT2D eigenvalue weighted by atomic mass is 10.1. The van der Waals surface area contributed by atoms with Crippen molar-refractivity contribution in [1.29, 1.82) is 0 Å². The molecule has 1 aliphatic rings. The van der Waals surface area contributed by atoms with E-state index >= 15 is 0 Å². The number of hydroxylamine groups is 1. The van der Waals surface area contributed by atoms with E-state index in [1.165, 1.54) is 41.7 Å². The lowest BCUT2D eigenvalue weighted by molar-refractivity contribution is -0.151. The maximum absolute atomic E-state index is 14.8. The Morgan fingerprint density at radius 1 is 1.08 bits per heavy atom. The van der Waals surface area contributed by atoms with Crippen LogP contribution < -0.4 is 10.2 Å². The van der Waals surface area contributed by atoms with Crippen LogP contribution in [0, 0.1) is 11.6 Å². The first-order valence-corrected chi connectivity index (χ1v) is 13.2. The summed E-state index contributed by atoms with van der Waals surface area (Å²) in [5.74, 6) is -5.27. The quantitative estimate of drug-likeness (QED) is 0.271. The van der Waals surface area contributed by atoms with Crippen molar-refractivity contribution >= 4 is 40.3 Å². The van der Waals surface area contributed by atoms with Crippen LogP contribution in [0.1, 0.15) is 19.3 Å². The summed E-state index contributed by atoms with van der Waals surface area (Å²) in [5.41, 5.74) is 1.40. The van der Waals surface area contributed by atoms with E-state index in [0.29, 0.717) is 18.1 Å². The fourth-order valence-electron chi connectivity index (χ4n) is 3.68. The van der Waals surface area contributed by atoms with Gasteiger partial charge in [0.1, 0.15) is 16.7 Å². The highest BCUT2D eigenvalue weighted by Crippen LogP contribution is 2.30. The van der Waals surface area contributed by atoms with Gasteiger partial charge in [-0.1, -0.05) is 11.6 Å². The van der Waals surface area contributed by atoms with Crippen LogP contribution >= 0.6 is 11.6 Å². The van der Waals surface area contributed by atoms with Crippen LogP contribution in [0.3, 0.4) is 0 Å². The number of amides is 3. The largest absolute Gasteiger partial charge is 0.451 e. The number of carbonyl (C=O) groups is 3. The molecule has 0 spiro atoms. The number of nitrogens with one attached hydrogen (secondary N) is 1. The Morgan fingerprint density at radius 2 is 1.68 bits per heavy atom. The Hall–Kier alpha value is -3.13. The summed E-state index contributed by atoms with van der Waals surface area (Å²) in [6, 6.07) is 7.36. The van der Waals surface area contributed by atoms with Crippen molar-refractivity contribution < 1.29 is 37.3 Å². The molecule has 206 valence electrons. The zero-order valence-corrected chi connectivity index (χ0v) is 22.1. The van der Waals surface area contributed by atoms with Crippen molar-refractivity contribution in [2.75, 3.05) is 39.8 Å². The number of nitrogens with zero attached hydrogens (tertiary/aromatic N) is 3. The van der Waals surface area contributed by atoms with Gasteiger partial charge < -0.3 is 14.5 Å². The van der Waals surface area contributed by atoms with Gasteiger partial charge in [0.15, 0.2) is 17.4 Å². The number of halogens is 3. The molecule has 3 amide bonds. The van der Waals surface area contributed by atoms with Gasteiger partial charge >= 0.3 is 11.8 Å². The molecule has 0 saturated carbocycles. The minimum atomic E-state index is -2.29. The van der Waals surface area contributed by atoms with Crippen LogP contribution in [0.25, 0.3) is 0 Å². The lowest BCUT2D eigenvalue weighted by Gasteiger charge is -2.29. The summed E-state index contributed by atoms with van der Waals surface area (Å²) in [7, 11) is -0.917.